The zero-order valence-electron chi connectivity index (χ0n) is 11.8. The summed E-state index contributed by atoms with van der Waals surface area (Å²) in [4.78, 5) is 8.52. The van der Waals surface area contributed by atoms with E-state index in [-0.39, 0.29) is 0 Å². The first-order valence-corrected chi connectivity index (χ1v) is 6.57. The van der Waals surface area contributed by atoms with Crippen LogP contribution < -0.4 is 5.32 Å². The summed E-state index contributed by atoms with van der Waals surface area (Å²) in [6.07, 6.45) is 6.29. The highest BCUT2D eigenvalue weighted by molar-refractivity contribution is 5.85. The maximum atomic E-state index is 4.44. The van der Waals surface area contributed by atoms with Crippen molar-refractivity contribution in [3.8, 4) is 0 Å². The molecule has 0 aliphatic rings. The highest BCUT2D eigenvalue weighted by Gasteiger charge is 2.09. The number of fused-ring (bicyclic) bond motifs is 1. The molecule has 1 N–H and O–H groups in total. The minimum Gasteiger partial charge on any atom is -0.365 e. The summed E-state index contributed by atoms with van der Waals surface area (Å²) in [6, 6.07) is 0. The fourth-order valence-electron chi connectivity index (χ4n) is 2.31. The van der Waals surface area contributed by atoms with Crippen LogP contribution in [0.25, 0.3) is 11.0 Å². The molecule has 0 atom stereocenters. The minimum atomic E-state index is 0.692. The Hall–Kier alpha value is -2.44. The van der Waals surface area contributed by atoms with Crippen molar-refractivity contribution < 1.29 is 0 Å². The van der Waals surface area contributed by atoms with Gasteiger partial charge in [-0.15, -0.1) is 0 Å². The molecule has 3 aromatic rings. The van der Waals surface area contributed by atoms with Gasteiger partial charge in [0.1, 0.15) is 12.1 Å². The summed E-state index contributed by atoms with van der Waals surface area (Å²) in [7, 11) is 3.81. The first-order chi connectivity index (χ1) is 9.69. The maximum Gasteiger partial charge on any atom is 0.163 e. The lowest BCUT2D eigenvalue weighted by Gasteiger charge is -2.05. The topological polar surface area (TPSA) is 73.5 Å². The highest BCUT2D eigenvalue weighted by Crippen LogP contribution is 2.19. The minimum absolute atomic E-state index is 0.692. The van der Waals surface area contributed by atoms with Gasteiger partial charge in [-0.25, -0.2) is 9.97 Å². The van der Waals surface area contributed by atoms with Gasteiger partial charge < -0.3 is 5.32 Å². The molecule has 20 heavy (non-hydrogen) atoms. The van der Waals surface area contributed by atoms with Crippen LogP contribution in [0.3, 0.4) is 0 Å². The number of nitrogens with one attached hydrogen (secondary N) is 1. The van der Waals surface area contributed by atoms with Crippen LogP contribution in [0.15, 0.2) is 18.7 Å². The Balaban J connectivity index is 1.86. The van der Waals surface area contributed by atoms with Crippen molar-refractivity contribution in [2.75, 3.05) is 5.32 Å². The van der Waals surface area contributed by atoms with Crippen molar-refractivity contribution in [3.05, 3.63) is 30.0 Å². The third-order valence-electron chi connectivity index (χ3n) is 3.30. The average Bonchev–Trinajstić information content (AvgIpc) is 3.00. The van der Waals surface area contributed by atoms with E-state index in [1.54, 1.807) is 17.2 Å². The number of hydrogen-bond acceptors (Lipinski definition) is 5. The molecule has 104 valence electrons. The van der Waals surface area contributed by atoms with E-state index >= 15 is 0 Å². The van der Waals surface area contributed by atoms with Crippen molar-refractivity contribution in [1.82, 2.24) is 29.5 Å². The SMILES string of the molecule is CCc1nn(C)cc1CNc1ncnc2c1cnn2C. The molecule has 7 heteroatoms. The molecule has 3 rings (SSSR count). The van der Waals surface area contributed by atoms with Gasteiger partial charge in [-0.05, 0) is 6.42 Å². The van der Waals surface area contributed by atoms with Crippen molar-refractivity contribution in [2.45, 2.75) is 19.9 Å². The molecule has 0 saturated carbocycles. The first kappa shape index (κ1) is 12.6. The molecule has 3 aromatic heterocycles. The standard InChI is InChI=1S/C13H17N7/c1-4-11-9(7-19(2)18-11)5-14-12-10-6-17-20(3)13(10)16-8-15-12/h6-8H,4-5H2,1-3H3,(H,14,15,16). The van der Waals surface area contributed by atoms with Crippen LogP contribution in [-0.2, 0) is 27.1 Å². The zero-order chi connectivity index (χ0) is 14.1. The molecule has 0 aliphatic carbocycles. The summed E-state index contributed by atoms with van der Waals surface area (Å²) in [6.45, 7) is 2.80. The van der Waals surface area contributed by atoms with Gasteiger partial charge in [-0.1, -0.05) is 6.92 Å². The molecule has 0 saturated heterocycles. The van der Waals surface area contributed by atoms with Crippen LogP contribution >= 0.6 is 0 Å². The van der Waals surface area contributed by atoms with E-state index in [2.05, 4.69) is 32.4 Å². The average molecular weight is 271 g/mol. The summed E-state index contributed by atoms with van der Waals surface area (Å²) in [5, 5.41) is 12.9. The number of rotatable bonds is 4. The van der Waals surface area contributed by atoms with E-state index in [1.807, 2.05) is 25.0 Å². The molecule has 0 amide bonds. The Labute approximate surface area is 116 Å². The maximum absolute atomic E-state index is 4.44. The van der Waals surface area contributed by atoms with E-state index < -0.39 is 0 Å². The Morgan fingerprint density at radius 2 is 2.10 bits per heavy atom. The Bertz CT molecular complexity index is 740. The van der Waals surface area contributed by atoms with Gasteiger partial charge in [0.05, 0.1) is 17.3 Å². The predicted molar refractivity (Wildman–Crippen MR) is 76.2 cm³/mol. The van der Waals surface area contributed by atoms with Crippen molar-refractivity contribution in [2.24, 2.45) is 14.1 Å². The van der Waals surface area contributed by atoms with Gasteiger partial charge >= 0.3 is 0 Å². The first-order valence-electron chi connectivity index (χ1n) is 6.57. The number of nitrogens with zero attached hydrogens (tertiary/aromatic N) is 6. The third kappa shape index (κ3) is 2.11. The molecule has 0 aromatic carbocycles. The van der Waals surface area contributed by atoms with Gasteiger partial charge in [-0.2, -0.15) is 10.2 Å². The summed E-state index contributed by atoms with van der Waals surface area (Å²) >= 11 is 0. The van der Waals surface area contributed by atoms with Crippen LogP contribution in [0.2, 0.25) is 0 Å². The van der Waals surface area contributed by atoms with Crippen LogP contribution in [0, 0.1) is 0 Å². The van der Waals surface area contributed by atoms with E-state index in [9.17, 15) is 0 Å². The van der Waals surface area contributed by atoms with Crippen molar-refractivity contribution in [1.29, 1.82) is 0 Å². The fraction of sp³-hybridized carbons (Fsp3) is 0.385. The molecule has 0 unspecified atom stereocenters. The van der Waals surface area contributed by atoms with Gasteiger partial charge in [-0.3, -0.25) is 9.36 Å². The van der Waals surface area contributed by atoms with Crippen LogP contribution in [0.1, 0.15) is 18.2 Å². The Morgan fingerprint density at radius 3 is 2.90 bits per heavy atom. The molecular formula is C13H17N7. The summed E-state index contributed by atoms with van der Waals surface area (Å²) < 4.78 is 3.58. The summed E-state index contributed by atoms with van der Waals surface area (Å²) in [5.74, 6) is 0.800. The lowest BCUT2D eigenvalue weighted by molar-refractivity contribution is 0.746. The zero-order valence-corrected chi connectivity index (χ0v) is 11.8. The molecule has 0 spiro atoms. The third-order valence-corrected chi connectivity index (χ3v) is 3.30. The quantitative estimate of drug-likeness (QED) is 0.773. The molecule has 0 bridgehead atoms. The molecule has 0 aliphatic heterocycles. The smallest absolute Gasteiger partial charge is 0.163 e. The van der Waals surface area contributed by atoms with E-state index in [0.29, 0.717) is 6.54 Å². The van der Waals surface area contributed by atoms with Crippen LogP contribution in [-0.4, -0.2) is 29.5 Å². The second-order valence-corrected chi connectivity index (χ2v) is 4.71. The Kier molecular flexibility index (Phi) is 3.09. The van der Waals surface area contributed by atoms with Crippen LogP contribution in [0.5, 0.6) is 0 Å². The van der Waals surface area contributed by atoms with E-state index in [0.717, 1.165) is 29.0 Å². The normalized spacial score (nSPS) is 11.2. The number of hydrogen-bond donors (Lipinski definition) is 1. The second kappa shape index (κ2) is 4.92. The lowest BCUT2D eigenvalue weighted by atomic mass is 10.2. The number of aryl methyl sites for hydroxylation is 3. The molecule has 3 heterocycles. The number of aromatic nitrogens is 6. The predicted octanol–water partition coefficient (Wildman–Crippen LogP) is 1.27. The van der Waals surface area contributed by atoms with Gasteiger partial charge in [0.25, 0.3) is 0 Å². The van der Waals surface area contributed by atoms with Gasteiger partial charge in [0.2, 0.25) is 0 Å². The number of anilines is 1. The molecule has 0 fully saturated rings. The Morgan fingerprint density at radius 1 is 1.25 bits per heavy atom. The fourth-order valence-corrected chi connectivity index (χ4v) is 2.31. The largest absolute Gasteiger partial charge is 0.365 e. The van der Waals surface area contributed by atoms with Crippen molar-refractivity contribution in [3.63, 3.8) is 0 Å². The van der Waals surface area contributed by atoms with E-state index in [1.165, 1.54) is 5.56 Å². The van der Waals surface area contributed by atoms with Crippen molar-refractivity contribution >= 4 is 16.9 Å². The van der Waals surface area contributed by atoms with E-state index in [4.69, 9.17) is 0 Å². The van der Waals surface area contributed by atoms with Crippen LogP contribution in [0.4, 0.5) is 5.82 Å². The summed E-state index contributed by atoms with van der Waals surface area (Å²) in [5.41, 5.74) is 3.12. The van der Waals surface area contributed by atoms with Gasteiger partial charge in [0, 0.05) is 32.4 Å². The lowest BCUT2D eigenvalue weighted by Crippen LogP contribution is -2.04. The van der Waals surface area contributed by atoms with Gasteiger partial charge in [0.15, 0.2) is 5.65 Å². The second-order valence-electron chi connectivity index (χ2n) is 4.71. The highest BCUT2D eigenvalue weighted by atomic mass is 15.3. The molecule has 0 radical (unpaired) electrons. The molecule has 7 nitrogen and oxygen atoms in total. The monoisotopic (exact) mass is 271 g/mol. The molecular weight excluding hydrogens is 254 g/mol.